The van der Waals surface area contributed by atoms with Gasteiger partial charge < -0.3 is 4.42 Å². The summed E-state index contributed by atoms with van der Waals surface area (Å²) in [6, 6.07) is 11.5. The Bertz CT molecular complexity index is 1070. The molecule has 3 heterocycles. The zero-order valence-corrected chi connectivity index (χ0v) is 17.3. The van der Waals surface area contributed by atoms with E-state index in [0.717, 1.165) is 33.7 Å². The second-order valence-electron chi connectivity index (χ2n) is 6.70. The number of nitrogens with one attached hydrogen (secondary N) is 1. The number of amides is 2. The molecule has 1 saturated heterocycles. The first-order chi connectivity index (χ1) is 14.0. The molecule has 1 atom stereocenters. The number of thioether (sulfide) groups is 1. The lowest BCUT2D eigenvalue weighted by molar-refractivity contribution is -0.118. The monoisotopic (exact) mass is 426 g/mol. The molecule has 0 spiro atoms. The molecule has 1 aromatic carbocycles. The van der Waals surface area contributed by atoms with Gasteiger partial charge in [0.15, 0.2) is 5.78 Å². The van der Waals surface area contributed by atoms with Crippen molar-refractivity contribution in [2.75, 3.05) is 0 Å². The number of Topliss-reactive ketones (excluding diaryl/α,β-unsaturated/α-hetero) is 1. The van der Waals surface area contributed by atoms with Crippen LogP contribution in [0.15, 0.2) is 46.2 Å². The number of carbonyl (C=O) groups excluding carboxylic acids is 3. The van der Waals surface area contributed by atoms with Crippen LogP contribution in [0, 0.1) is 6.92 Å². The van der Waals surface area contributed by atoms with Crippen molar-refractivity contribution in [1.82, 2.24) is 10.3 Å². The number of aryl methyl sites for hydroxylation is 2. The van der Waals surface area contributed by atoms with E-state index in [4.69, 9.17) is 4.42 Å². The molecule has 1 N–H and O–H groups in total. The summed E-state index contributed by atoms with van der Waals surface area (Å²) in [5, 5.41) is 3.36. The number of imide groups is 1. The van der Waals surface area contributed by atoms with Crippen LogP contribution in [-0.2, 0) is 17.6 Å². The number of hydrogen-bond acceptors (Lipinski definition) is 7. The summed E-state index contributed by atoms with van der Waals surface area (Å²) < 4.78 is 5.75. The van der Waals surface area contributed by atoms with Crippen LogP contribution in [0.5, 0.6) is 0 Å². The molecule has 0 bridgehead atoms. The van der Waals surface area contributed by atoms with E-state index in [1.54, 1.807) is 0 Å². The van der Waals surface area contributed by atoms with Crippen molar-refractivity contribution in [2.45, 2.75) is 31.4 Å². The number of hydrogen-bond donors (Lipinski definition) is 1. The van der Waals surface area contributed by atoms with E-state index < -0.39 is 5.25 Å². The van der Waals surface area contributed by atoms with Gasteiger partial charge in [0.1, 0.15) is 5.76 Å². The highest BCUT2D eigenvalue weighted by Gasteiger charge is 2.32. The summed E-state index contributed by atoms with van der Waals surface area (Å²) in [4.78, 5) is 41.0. The van der Waals surface area contributed by atoms with E-state index in [1.807, 2.05) is 48.7 Å². The fourth-order valence-electron chi connectivity index (χ4n) is 3.08. The molecular weight excluding hydrogens is 408 g/mol. The second-order valence-corrected chi connectivity index (χ2v) is 8.87. The Morgan fingerprint density at radius 3 is 2.76 bits per heavy atom. The molecule has 148 valence electrons. The van der Waals surface area contributed by atoms with Crippen molar-refractivity contribution >= 4 is 40.0 Å². The summed E-state index contributed by atoms with van der Waals surface area (Å²) in [5.74, 6) is 1.04. The summed E-state index contributed by atoms with van der Waals surface area (Å²) in [7, 11) is 0. The highest BCUT2D eigenvalue weighted by atomic mass is 32.2. The normalized spacial score (nSPS) is 16.2. The van der Waals surface area contributed by atoms with Crippen molar-refractivity contribution < 1.29 is 18.8 Å². The maximum Gasteiger partial charge on any atom is 0.286 e. The minimum absolute atomic E-state index is 0.0239. The molecule has 0 saturated carbocycles. The predicted octanol–water partition coefficient (Wildman–Crippen LogP) is 4.42. The van der Waals surface area contributed by atoms with Gasteiger partial charge in [-0.25, -0.2) is 4.98 Å². The van der Waals surface area contributed by atoms with Gasteiger partial charge in [0.2, 0.25) is 11.8 Å². The highest BCUT2D eigenvalue weighted by Crippen LogP contribution is 2.27. The molecule has 1 aliphatic heterocycles. The number of oxazole rings is 1. The first kappa shape index (κ1) is 19.6. The van der Waals surface area contributed by atoms with E-state index in [1.165, 1.54) is 11.3 Å². The molecular formula is C21H18N2O4S2. The zero-order chi connectivity index (χ0) is 20.4. The third-order valence-electron chi connectivity index (χ3n) is 4.63. The number of ketones is 1. The second kappa shape index (κ2) is 8.34. The summed E-state index contributed by atoms with van der Waals surface area (Å²) in [5.41, 5.74) is 2.32. The SMILES string of the molecule is Cc1oc(-c2ccccc2)nc1CCC(=O)c1csc(CC2SC(=O)NC2=O)c1. The van der Waals surface area contributed by atoms with Gasteiger partial charge in [0.05, 0.1) is 10.9 Å². The van der Waals surface area contributed by atoms with Crippen molar-refractivity contribution in [3.05, 3.63) is 63.7 Å². The Balaban J connectivity index is 1.37. The van der Waals surface area contributed by atoms with Crippen molar-refractivity contribution in [3.63, 3.8) is 0 Å². The largest absolute Gasteiger partial charge is 0.441 e. The summed E-state index contributed by atoms with van der Waals surface area (Å²) >= 11 is 2.43. The summed E-state index contributed by atoms with van der Waals surface area (Å²) in [6.45, 7) is 1.85. The van der Waals surface area contributed by atoms with Gasteiger partial charge in [0, 0.05) is 40.6 Å². The molecule has 8 heteroatoms. The van der Waals surface area contributed by atoms with Gasteiger partial charge in [-0.15, -0.1) is 11.3 Å². The van der Waals surface area contributed by atoms with E-state index in [-0.39, 0.29) is 16.9 Å². The van der Waals surface area contributed by atoms with Crippen LogP contribution in [0.3, 0.4) is 0 Å². The van der Waals surface area contributed by atoms with Crippen LogP contribution < -0.4 is 5.32 Å². The smallest absolute Gasteiger partial charge is 0.286 e. The van der Waals surface area contributed by atoms with Crippen LogP contribution in [0.4, 0.5) is 4.79 Å². The molecule has 6 nitrogen and oxygen atoms in total. The lowest BCUT2D eigenvalue weighted by Crippen LogP contribution is -2.25. The zero-order valence-electron chi connectivity index (χ0n) is 15.6. The third-order valence-corrected chi connectivity index (χ3v) is 6.57. The lowest BCUT2D eigenvalue weighted by atomic mass is 10.1. The minimum atomic E-state index is -0.418. The molecule has 1 unspecified atom stereocenters. The first-order valence-electron chi connectivity index (χ1n) is 9.13. The van der Waals surface area contributed by atoms with Crippen LogP contribution in [0.2, 0.25) is 0 Å². The minimum Gasteiger partial charge on any atom is -0.441 e. The number of rotatable bonds is 7. The third kappa shape index (κ3) is 4.49. The Morgan fingerprint density at radius 2 is 2.03 bits per heavy atom. The topological polar surface area (TPSA) is 89.3 Å². The number of carbonyl (C=O) groups is 3. The number of aromatic nitrogens is 1. The number of nitrogens with zero attached hydrogens (tertiary/aromatic N) is 1. The maximum atomic E-state index is 12.6. The maximum absolute atomic E-state index is 12.6. The Labute approximate surface area is 175 Å². The fourth-order valence-corrected chi connectivity index (χ4v) is 4.97. The predicted molar refractivity (Wildman–Crippen MR) is 112 cm³/mol. The van der Waals surface area contributed by atoms with Gasteiger partial charge in [0.25, 0.3) is 5.24 Å². The lowest BCUT2D eigenvalue weighted by Gasteiger charge is -2.01. The van der Waals surface area contributed by atoms with Crippen molar-refractivity contribution in [3.8, 4) is 11.5 Å². The van der Waals surface area contributed by atoms with Crippen LogP contribution in [0.1, 0.15) is 33.1 Å². The average Bonchev–Trinajstić information content (AvgIpc) is 3.40. The molecule has 2 aromatic heterocycles. The Morgan fingerprint density at radius 1 is 1.24 bits per heavy atom. The molecule has 4 rings (SSSR count). The van der Waals surface area contributed by atoms with Crippen LogP contribution >= 0.6 is 23.1 Å². The molecule has 2 amide bonds. The Kier molecular flexibility index (Phi) is 5.64. The molecule has 0 aliphatic carbocycles. The van der Waals surface area contributed by atoms with Crippen LogP contribution in [0.25, 0.3) is 11.5 Å². The molecule has 29 heavy (non-hydrogen) atoms. The van der Waals surface area contributed by atoms with E-state index in [0.29, 0.717) is 30.7 Å². The standard InChI is InChI=1S/C21H18N2O4S2/c1-12-16(22-20(27-12)13-5-3-2-4-6-13)7-8-17(24)14-9-15(28-11-14)10-18-19(25)23-21(26)29-18/h2-6,9,11,18H,7-8,10H2,1H3,(H,23,25,26). The summed E-state index contributed by atoms with van der Waals surface area (Å²) in [6.07, 6.45) is 1.28. The van der Waals surface area contributed by atoms with Crippen molar-refractivity contribution in [2.24, 2.45) is 0 Å². The van der Waals surface area contributed by atoms with Gasteiger partial charge in [-0.3, -0.25) is 19.7 Å². The van der Waals surface area contributed by atoms with Crippen molar-refractivity contribution in [1.29, 1.82) is 0 Å². The van der Waals surface area contributed by atoms with E-state index in [9.17, 15) is 14.4 Å². The van der Waals surface area contributed by atoms with E-state index in [2.05, 4.69) is 10.3 Å². The number of thiophene rings is 1. The average molecular weight is 427 g/mol. The van der Waals surface area contributed by atoms with Crippen LogP contribution in [-0.4, -0.2) is 27.2 Å². The quantitative estimate of drug-likeness (QED) is 0.563. The first-order valence-corrected chi connectivity index (χ1v) is 10.9. The molecule has 0 radical (unpaired) electrons. The molecule has 1 aliphatic rings. The van der Waals surface area contributed by atoms with Gasteiger partial charge in [-0.05, 0) is 25.1 Å². The number of benzene rings is 1. The van der Waals surface area contributed by atoms with E-state index >= 15 is 0 Å². The molecule has 3 aromatic rings. The van der Waals surface area contributed by atoms with Gasteiger partial charge >= 0.3 is 0 Å². The highest BCUT2D eigenvalue weighted by molar-refractivity contribution is 8.15. The fraction of sp³-hybridized carbons (Fsp3) is 0.238. The molecule has 1 fully saturated rings. The van der Waals surface area contributed by atoms with Gasteiger partial charge in [-0.2, -0.15) is 0 Å². The van der Waals surface area contributed by atoms with Gasteiger partial charge in [-0.1, -0.05) is 30.0 Å². The Hall–Kier alpha value is -2.71.